The molecule has 2 aromatic carbocycles. The molecule has 3 heterocycles. The first-order chi connectivity index (χ1) is 18.6. The molecule has 39 heavy (non-hydrogen) atoms. The molecule has 2 aliphatic heterocycles. The number of thiazole rings is 1. The summed E-state index contributed by atoms with van der Waals surface area (Å²) in [6.45, 7) is 9.68. The Morgan fingerprint density at radius 2 is 1.92 bits per heavy atom. The van der Waals surface area contributed by atoms with E-state index >= 15 is 0 Å². The normalized spacial score (nSPS) is 19.9. The summed E-state index contributed by atoms with van der Waals surface area (Å²) in [5.41, 5.74) is 3.46. The van der Waals surface area contributed by atoms with Gasteiger partial charge in [-0.25, -0.2) is 9.78 Å². The van der Waals surface area contributed by atoms with Gasteiger partial charge in [0, 0.05) is 12.0 Å². The molecule has 202 valence electrons. The fraction of sp³-hybridized carbons (Fsp3) is 0.333. The Kier molecular flexibility index (Phi) is 7.03. The summed E-state index contributed by atoms with van der Waals surface area (Å²) in [6, 6.07) is 11.9. The minimum atomic E-state index is -0.935. The number of aliphatic hydroxyl groups excluding tert-OH is 1. The molecule has 2 aliphatic rings. The highest BCUT2D eigenvalue weighted by Crippen LogP contribution is 2.44. The average Bonchev–Trinajstić information content (AvgIpc) is 3.55. The maximum Gasteiger partial charge on any atom is 0.350 e. The van der Waals surface area contributed by atoms with Crippen molar-refractivity contribution in [3.8, 4) is 5.75 Å². The van der Waals surface area contributed by atoms with Gasteiger partial charge < -0.3 is 14.6 Å². The van der Waals surface area contributed by atoms with Crippen LogP contribution in [-0.2, 0) is 20.7 Å². The second-order valence-corrected chi connectivity index (χ2v) is 11.1. The highest BCUT2D eigenvalue weighted by molar-refractivity contribution is 7.17. The molecule has 2 atom stereocenters. The van der Waals surface area contributed by atoms with Crippen LogP contribution in [0.1, 0.15) is 77.3 Å². The summed E-state index contributed by atoms with van der Waals surface area (Å²) >= 11 is 0.990. The van der Waals surface area contributed by atoms with Gasteiger partial charge in [0.2, 0.25) is 0 Å². The smallest absolute Gasteiger partial charge is 0.350 e. The number of aliphatic hydroxyl groups is 1. The number of rotatable bonds is 6. The molecule has 1 N–H and O–H groups in total. The molecule has 9 heteroatoms. The zero-order chi connectivity index (χ0) is 28.0. The third kappa shape index (κ3) is 4.71. The van der Waals surface area contributed by atoms with E-state index in [4.69, 9.17) is 9.47 Å². The van der Waals surface area contributed by atoms with Crippen LogP contribution in [0.4, 0.5) is 5.13 Å². The lowest BCUT2D eigenvalue weighted by atomic mass is 9.93. The van der Waals surface area contributed by atoms with Gasteiger partial charge in [0.15, 0.2) is 5.13 Å². The summed E-state index contributed by atoms with van der Waals surface area (Å²) in [6.07, 6.45) is 0.698. The van der Waals surface area contributed by atoms with Gasteiger partial charge in [0.1, 0.15) is 22.5 Å². The molecule has 0 bridgehead atoms. The number of fused-ring (bicyclic) bond motifs is 1. The van der Waals surface area contributed by atoms with Crippen LogP contribution in [0.15, 0.2) is 48.0 Å². The molecule has 0 saturated carbocycles. The van der Waals surface area contributed by atoms with Crippen molar-refractivity contribution in [3.63, 3.8) is 0 Å². The Morgan fingerprint density at radius 3 is 2.59 bits per heavy atom. The van der Waals surface area contributed by atoms with Crippen LogP contribution in [-0.4, -0.2) is 40.5 Å². The van der Waals surface area contributed by atoms with E-state index in [9.17, 15) is 19.5 Å². The molecule has 8 nitrogen and oxygen atoms in total. The van der Waals surface area contributed by atoms with Crippen molar-refractivity contribution in [2.75, 3.05) is 11.5 Å². The summed E-state index contributed by atoms with van der Waals surface area (Å²) in [5.74, 6) is -1.42. The van der Waals surface area contributed by atoms with Gasteiger partial charge in [-0.15, -0.1) is 0 Å². The van der Waals surface area contributed by atoms with Crippen LogP contribution < -0.4 is 9.64 Å². The number of esters is 1. The second kappa shape index (κ2) is 10.3. The summed E-state index contributed by atoms with van der Waals surface area (Å²) < 4.78 is 10.9. The first-order valence-electron chi connectivity index (χ1n) is 13.0. The molecule has 1 aromatic heterocycles. The number of ketones is 1. The first kappa shape index (κ1) is 26.6. The van der Waals surface area contributed by atoms with Crippen molar-refractivity contribution >= 4 is 39.9 Å². The number of nitrogens with zero attached hydrogens (tertiary/aromatic N) is 2. The molecule has 0 radical (unpaired) electrons. The van der Waals surface area contributed by atoms with Crippen LogP contribution in [0.25, 0.3) is 5.76 Å². The van der Waals surface area contributed by atoms with Crippen molar-refractivity contribution < 1.29 is 29.0 Å². The Hall–Kier alpha value is -3.98. The highest BCUT2D eigenvalue weighted by atomic mass is 32.1. The lowest BCUT2D eigenvalue weighted by Crippen LogP contribution is -2.29. The van der Waals surface area contributed by atoms with Gasteiger partial charge >= 0.3 is 11.9 Å². The largest absolute Gasteiger partial charge is 0.507 e. The van der Waals surface area contributed by atoms with E-state index in [0.29, 0.717) is 23.2 Å². The van der Waals surface area contributed by atoms with E-state index in [0.717, 1.165) is 28.2 Å². The van der Waals surface area contributed by atoms with E-state index in [2.05, 4.69) is 18.8 Å². The number of carbonyl (C=O) groups is 3. The Morgan fingerprint density at radius 1 is 1.21 bits per heavy atom. The van der Waals surface area contributed by atoms with Crippen molar-refractivity contribution in [3.05, 3.63) is 80.9 Å². The van der Waals surface area contributed by atoms with Crippen molar-refractivity contribution in [2.45, 2.75) is 59.1 Å². The topological polar surface area (TPSA) is 106 Å². The Labute approximate surface area is 230 Å². The number of anilines is 1. The molecule has 0 spiro atoms. The molecule has 3 aromatic rings. The molecule has 1 saturated heterocycles. The van der Waals surface area contributed by atoms with E-state index in [1.54, 1.807) is 32.0 Å². The number of ether oxygens (including phenoxy) is 2. The van der Waals surface area contributed by atoms with Gasteiger partial charge in [-0.2, -0.15) is 0 Å². The summed E-state index contributed by atoms with van der Waals surface area (Å²) in [4.78, 5) is 45.5. The minimum absolute atomic E-state index is 0.0178. The highest BCUT2D eigenvalue weighted by Gasteiger charge is 2.48. The fourth-order valence-electron chi connectivity index (χ4n) is 5.00. The van der Waals surface area contributed by atoms with Gasteiger partial charge in [0.05, 0.1) is 23.9 Å². The summed E-state index contributed by atoms with van der Waals surface area (Å²) in [5, 5.41) is 11.7. The Bertz CT molecular complexity index is 1500. The third-order valence-electron chi connectivity index (χ3n) is 6.98. The number of hydrogen-bond donors (Lipinski definition) is 1. The minimum Gasteiger partial charge on any atom is -0.507 e. The maximum atomic E-state index is 13.5. The predicted octanol–water partition coefficient (Wildman–Crippen LogP) is 5.70. The molecule has 1 fully saturated rings. The number of hydrogen-bond acceptors (Lipinski definition) is 8. The molecule has 5 rings (SSSR count). The van der Waals surface area contributed by atoms with Crippen LogP contribution in [0, 0.1) is 6.92 Å². The monoisotopic (exact) mass is 546 g/mol. The van der Waals surface area contributed by atoms with Gasteiger partial charge in [-0.3, -0.25) is 14.5 Å². The van der Waals surface area contributed by atoms with Crippen LogP contribution >= 0.6 is 11.3 Å². The second-order valence-electron chi connectivity index (χ2n) is 10.1. The molecule has 0 aliphatic carbocycles. The predicted molar refractivity (Wildman–Crippen MR) is 148 cm³/mol. The van der Waals surface area contributed by atoms with Crippen LogP contribution in [0.5, 0.6) is 5.75 Å². The average molecular weight is 547 g/mol. The fourth-order valence-corrected chi connectivity index (χ4v) is 5.99. The van der Waals surface area contributed by atoms with Gasteiger partial charge in [-0.1, -0.05) is 49.4 Å². The standard InChI is InChI=1S/C30H30N2O6S/c1-6-37-29(36)27-17(5)31-30(39-27)32-24(19-9-7-18(8-10-19)15(2)3)23(26(34)28(32)35)25(33)20-11-12-22-21(14-20)13-16(4)38-22/h7-12,14-16,24,33H,6,13H2,1-5H3. The van der Waals surface area contributed by atoms with Crippen molar-refractivity contribution in [2.24, 2.45) is 0 Å². The third-order valence-corrected chi connectivity index (χ3v) is 8.12. The van der Waals surface area contributed by atoms with E-state index in [-0.39, 0.29) is 40.0 Å². The van der Waals surface area contributed by atoms with E-state index in [1.165, 1.54) is 4.90 Å². The lowest BCUT2D eigenvalue weighted by Gasteiger charge is -2.23. The number of amides is 1. The van der Waals surface area contributed by atoms with Gasteiger partial charge in [-0.05, 0) is 61.6 Å². The lowest BCUT2D eigenvalue weighted by molar-refractivity contribution is -0.132. The molecule has 2 unspecified atom stereocenters. The Balaban J connectivity index is 1.66. The van der Waals surface area contributed by atoms with E-state index in [1.807, 2.05) is 31.2 Å². The van der Waals surface area contributed by atoms with Crippen molar-refractivity contribution in [1.29, 1.82) is 0 Å². The first-order valence-corrected chi connectivity index (χ1v) is 13.8. The summed E-state index contributed by atoms with van der Waals surface area (Å²) in [7, 11) is 0. The van der Waals surface area contributed by atoms with Crippen LogP contribution in [0.3, 0.4) is 0 Å². The molecular weight excluding hydrogens is 516 g/mol. The number of carbonyl (C=O) groups excluding carboxylic acids is 3. The maximum absolute atomic E-state index is 13.5. The number of Topliss-reactive ketones (excluding diaryl/α,β-unsaturated/α-hetero) is 1. The van der Waals surface area contributed by atoms with Crippen molar-refractivity contribution in [1.82, 2.24) is 4.98 Å². The van der Waals surface area contributed by atoms with Crippen LogP contribution in [0.2, 0.25) is 0 Å². The van der Waals surface area contributed by atoms with E-state index < -0.39 is 23.7 Å². The zero-order valence-electron chi connectivity index (χ0n) is 22.5. The zero-order valence-corrected chi connectivity index (χ0v) is 23.3. The number of aryl methyl sites for hydroxylation is 1. The van der Waals surface area contributed by atoms with Gasteiger partial charge in [0.25, 0.3) is 5.78 Å². The quantitative estimate of drug-likeness (QED) is 0.183. The molecule has 1 amide bonds. The molecular formula is C30H30N2O6S. The number of benzene rings is 2. The number of aromatic nitrogens is 1. The SMILES string of the molecule is CCOC(=O)c1sc(N2C(=O)C(=O)C(=C(O)c3ccc4c(c3)CC(C)O4)C2c2ccc(C(C)C)cc2)nc1C.